The molecule has 26 heavy (non-hydrogen) atoms. The molecule has 0 aliphatic heterocycles. The molecule has 0 spiro atoms. The molecular formula is C17H16F3NO4S. The quantitative estimate of drug-likeness (QED) is 0.774. The summed E-state index contributed by atoms with van der Waals surface area (Å²) < 4.78 is 69.8. The van der Waals surface area contributed by atoms with Gasteiger partial charge in [0.1, 0.15) is 6.04 Å². The van der Waals surface area contributed by atoms with Crippen LogP contribution in [0.4, 0.5) is 13.2 Å². The van der Waals surface area contributed by atoms with E-state index in [0.717, 1.165) is 25.3 Å². The summed E-state index contributed by atoms with van der Waals surface area (Å²) in [7, 11) is -3.01. The van der Waals surface area contributed by atoms with Gasteiger partial charge in [0.05, 0.1) is 18.4 Å². The molecule has 0 aliphatic carbocycles. The number of hydrogen-bond donors (Lipinski definition) is 1. The summed E-state index contributed by atoms with van der Waals surface area (Å²) in [5.41, 5.74) is -0.645. The van der Waals surface area contributed by atoms with E-state index in [1.165, 1.54) is 18.2 Å². The van der Waals surface area contributed by atoms with Gasteiger partial charge >= 0.3 is 12.1 Å². The molecule has 5 nitrogen and oxygen atoms in total. The minimum absolute atomic E-state index is 0.0518. The Morgan fingerprint density at radius 1 is 1.12 bits per heavy atom. The number of rotatable bonds is 6. The summed E-state index contributed by atoms with van der Waals surface area (Å²) in [4.78, 5) is 11.9. The number of carbonyl (C=O) groups is 1. The lowest BCUT2D eigenvalue weighted by Gasteiger charge is -2.17. The molecule has 0 saturated heterocycles. The fraction of sp³-hybridized carbons (Fsp3) is 0.235. The van der Waals surface area contributed by atoms with Gasteiger partial charge in [-0.15, -0.1) is 0 Å². The highest BCUT2D eigenvalue weighted by Crippen LogP contribution is 2.30. The topological polar surface area (TPSA) is 72.5 Å². The van der Waals surface area contributed by atoms with Crippen LogP contribution in [-0.4, -0.2) is 21.5 Å². The van der Waals surface area contributed by atoms with Crippen LogP contribution in [0.3, 0.4) is 0 Å². The van der Waals surface area contributed by atoms with Crippen molar-refractivity contribution in [3.05, 3.63) is 71.3 Å². The third-order valence-electron chi connectivity index (χ3n) is 3.48. The molecule has 2 aromatic rings. The van der Waals surface area contributed by atoms with Crippen LogP contribution in [0.15, 0.2) is 54.6 Å². The van der Waals surface area contributed by atoms with Crippen molar-refractivity contribution in [2.24, 2.45) is 0 Å². The molecule has 9 heteroatoms. The van der Waals surface area contributed by atoms with Gasteiger partial charge in [-0.05, 0) is 17.2 Å². The van der Waals surface area contributed by atoms with E-state index in [1.54, 1.807) is 18.2 Å². The van der Waals surface area contributed by atoms with Gasteiger partial charge in [-0.2, -0.15) is 17.9 Å². The summed E-state index contributed by atoms with van der Waals surface area (Å²) >= 11 is 0. The maximum absolute atomic E-state index is 12.8. The second-order valence-corrected chi connectivity index (χ2v) is 7.20. The number of ether oxygens (including phenoxy) is 1. The van der Waals surface area contributed by atoms with Gasteiger partial charge in [-0.3, -0.25) is 0 Å². The lowest BCUT2D eigenvalue weighted by atomic mass is 10.1. The molecule has 0 bridgehead atoms. The number of sulfonamides is 1. The fourth-order valence-electron chi connectivity index (χ4n) is 2.29. The van der Waals surface area contributed by atoms with Crippen molar-refractivity contribution in [2.75, 3.05) is 7.11 Å². The number of carbonyl (C=O) groups excluding carboxylic acids is 1. The monoisotopic (exact) mass is 387 g/mol. The predicted octanol–water partition coefficient (Wildman–Crippen LogP) is 3.04. The Kier molecular flexibility index (Phi) is 6.04. The van der Waals surface area contributed by atoms with Crippen LogP contribution in [0.5, 0.6) is 0 Å². The second-order valence-electron chi connectivity index (χ2n) is 5.44. The lowest BCUT2D eigenvalue weighted by Crippen LogP contribution is -2.35. The number of halogens is 3. The van der Waals surface area contributed by atoms with Gasteiger partial charge in [0.15, 0.2) is 0 Å². The summed E-state index contributed by atoms with van der Waals surface area (Å²) in [6.07, 6.45) is -4.58. The minimum atomic E-state index is -4.58. The van der Waals surface area contributed by atoms with Crippen LogP contribution in [0.1, 0.15) is 22.7 Å². The zero-order valence-electron chi connectivity index (χ0n) is 13.7. The highest BCUT2D eigenvalue weighted by Gasteiger charge is 2.31. The maximum atomic E-state index is 12.8. The fourth-order valence-corrected chi connectivity index (χ4v) is 3.59. The van der Waals surface area contributed by atoms with Crippen molar-refractivity contribution in [2.45, 2.75) is 18.0 Å². The molecule has 2 aromatic carbocycles. The molecule has 1 atom stereocenters. The van der Waals surface area contributed by atoms with Gasteiger partial charge in [0.2, 0.25) is 10.0 Å². The van der Waals surface area contributed by atoms with E-state index in [1.807, 2.05) is 0 Å². The van der Waals surface area contributed by atoms with E-state index >= 15 is 0 Å². The molecule has 0 heterocycles. The number of alkyl halides is 3. The molecule has 1 unspecified atom stereocenters. The summed E-state index contributed by atoms with van der Waals surface area (Å²) in [5, 5.41) is 0. The van der Waals surface area contributed by atoms with Crippen LogP contribution in [-0.2, 0) is 31.5 Å². The largest absolute Gasteiger partial charge is 0.468 e. The Morgan fingerprint density at radius 3 is 2.35 bits per heavy atom. The Balaban J connectivity index is 2.25. The van der Waals surface area contributed by atoms with E-state index < -0.39 is 39.5 Å². The predicted molar refractivity (Wildman–Crippen MR) is 88.4 cm³/mol. The Hall–Kier alpha value is -2.39. The van der Waals surface area contributed by atoms with Crippen LogP contribution in [0.2, 0.25) is 0 Å². The number of methoxy groups -OCH3 is 1. The molecular weight excluding hydrogens is 371 g/mol. The Morgan fingerprint density at radius 2 is 1.77 bits per heavy atom. The van der Waals surface area contributed by atoms with E-state index in [-0.39, 0.29) is 5.56 Å². The maximum Gasteiger partial charge on any atom is 0.416 e. The van der Waals surface area contributed by atoms with Gasteiger partial charge < -0.3 is 4.74 Å². The number of hydrogen-bond acceptors (Lipinski definition) is 4. The van der Waals surface area contributed by atoms with Gasteiger partial charge in [0, 0.05) is 0 Å². The zero-order chi connectivity index (χ0) is 19.4. The van der Waals surface area contributed by atoms with Crippen LogP contribution < -0.4 is 4.72 Å². The standard InChI is InChI=1S/C17H16F3NO4S/c1-25-16(22)15(13-7-3-2-4-8-13)21-26(23,24)11-12-6-5-9-14(10-12)17(18,19)20/h2-10,15,21H,11H2,1H3. The molecule has 0 amide bonds. The van der Waals surface area contributed by atoms with Gasteiger partial charge in [0.25, 0.3) is 0 Å². The first-order chi connectivity index (χ1) is 12.1. The van der Waals surface area contributed by atoms with Crippen molar-refractivity contribution in [3.63, 3.8) is 0 Å². The van der Waals surface area contributed by atoms with Gasteiger partial charge in [-0.1, -0.05) is 48.5 Å². The normalized spacial score (nSPS) is 13.2. The van der Waals surface area contributed by atoms with Crippen LogP contribution in [0.25, 0.3) is 0 Å². The van der Waals surface area contributed by atoms with Crippen molar-refractivity contribution in [3.8, 4) is 0 Å². The van der Waals surface area contributed by atoms with E-state index in [2.05, 4.69) is 9.46 Å². The number of nitrogens with one attached hydrogen (secondary N) is 1. The van der Waals surface area contributed by atoms with E-state index in [4.69, 9.17) is 0 Å². The number of esters is 1. The smallest absolute Gasteiger partial charge is 0.416 e. The van der Waals surface area contributed by atoms with E-state index in [9.17, 15) is 26.4 Å². The second kappa shape index (κ2) is 7.88. The van der Waals surface area contributed by atoms with Crippen molar-refractivity contribution in [1.29, 1.82) is 0 Å². The van der Waals surface area contributed by atoms with Gasteiger partial charge in [-0.25, -0.2) is 13.2 Å². The number of benzene rings is 2. The lowest BCUT2D eigenvalue weighted by molar-refractivity contribution is -0.142. The molecule has 0 aromatic heterocycles. The zero-order valence-corrected chi connectivity index (χ0v) is 14.5. The third kappa shape index (κ3) is 5.30. The van der Waals surface area contributed by atoms with Crippen LogP contribution in [0, 0.1) is 0 Å². The molecule has 0 saturated carbocycles. The Bertz CT molecular complexity index is 867. The Labute approximate surface area is 148 Å². The first-order valence-corrected chi connectivity index (χ1v) is 9.06. The third-order valence-corrected chi connectivity index (χ3v) is 4.79. The molecule has 0 aliphatic rings. The van der Waals surface area contributed by atoms with Crippen molar-refractivity contribution < 1.29 is 31.1 Å². The average Bonchev–Trinajstić information content (AvgIpc) is 2.59. The molecule has 0 fully saturated rings. The van der Waals surface area contributed by atoms with Crippen molar-refractivity contribution >= 4 is 16.0 Å². The molecule has 140 valence electrons. The highest BCUT2D eigenvalue weighted by molar-refractivity contribution is 7.88. The molecule has 0 radical (unpaired) electrons. The summed E-state index contributed by atoms with van der Waals surface area (Å²) in [6, 6.07) is 10.7. The highest BCUT2D eigenvalue weighted by atomic mass is 32.2. The first kappa shape index (κ1) is 19.9. The van der Waals surface area contributed by atoms with Crippen LogP contribution >= 0.6 is 0 Å². The first-order valence-electron chi connectivity index (χ1n) is 7.41. The van der Waals surface area contributed by atoms with E-state index in [0.29, 0.717) is 5.56 Å². The average molecular weight is 387 g/mol. The summed E-state index contributed by atoms with van der Waals surface area (Å²) in [5.74, 6) is -1.54. The van der Waals surface area contributed by atoms with Crippen molar-refractivity contribution in [1.82, 2.24) is 4.72 Å². The SMILES string of the molecule is COC(=O)C(NS(=O)(=O)Cc1cccc(C(F)(F)F)c1)c1ccccc1. The summed E-state index contributed by atoms with van der Waals surface area (Å²) in [6.45, 7) is 0. The molecule has 2 rings (SSSR count). The minimum Gasteiger partial charge on any atom is -0.468 e. The molecule has 1 N–H and O–H groups in total.